The SMILES string of the molecule is Cc1ccc(CCC(=O)Cl)c(=O)n1C1CC1. The fraction of sp³-hybridized carbons (Fsp3) is 0.500. The van der Waals surface area contributed by atoms with E-state index in [2.05, 4.69) is 0 Å². The third kappa shape index (κ3) is 2.35. The van der Waals surface area contributed by atoms with Crippen LogP contribution in [0.15, 0.2) is 16.9 Å². The van der Waals surface area contributed by atoms with Gasteiger partial charge in [-0.25, -0.2) is 0 Å². The molecule has 0 radical (unpaired) electrons. The third-order valence-corrected chi connectivity index (χ3v) is 3.09. The Labute approximate surface area is 99.0 Å². The Balaban J connectivity index is 2.29. The minimum Gasteiger partial charge on any atom is -0.310 e. The molecule has 0 bridgehead atoms. The van der Waals surface area contributed by atoms with Gasteiger partial charge in [0.25, 0.3) is 5.56 Å². The van der Waals surface area contributed by atoms with Gasteiger partial charge in [-0.05, 0) is 43.9 Å². The number of hydrogen-bond acceptors (Lipinski definition) is 2. The molecule has 3 nitrogen and oxygen atoms in total. The van der Waals surface area contributed by atoms with Crippen molar-refractivity contribution in [1.29, 1.82) is 0 Å². The van der Waals surface area contributed by atoms with Crippen molar-refractivity contribution in [2.45, 2.75) is 38.6 Å². The van der Waals surface area contributed by atoms with Gasteiger partial charge in [-0.15, -0.1) is 0 Å². The maximum atomic E-state index is 12.1. The normalized spacial score (nSPS) is 15.1. The summed E-state index contributed by atoms with van der Waals surface area (Å²) in [5, 5.41) is -0.391. The maximum Gasteiger partial charge on any atom is 0.254 e. The molecule has 2 rings (SSSR count). The van der Waals surface area contributed by atoms with Crippen LogP contribution >= 0.6 is 11.6 Å². The second-order valence-electron chi connectivity index (χ2n) is 4.26. The molecule has 0 unspecified atom stereocenters. The van der Waals surface area contributed by atoms with Crippen molar-refractivity contribution in [3.05, 3.63) is 33.7 Å². The van der Waals surface area contributed by atoms with E-state index in [4.69, 9.17) is 11.6 Å². The van der Waals surface area contributed by atoms with Gasteiger partial charge in [0.15, 0.2) is 0 Å². The topological polar surface area (TPSA) is 39.1 Å². The van der Waals surface area contributed by atoms with Crippen molar-refractivity contribution in [2.24, 2.45) is 0 Å². The number of halogens is 1. The number of aryl methyl sites for hydroxylation is 2. The lowest BCUT2D eigenvalue weighted by molar-refractivity contribution is -0.111. The Morgan fingerprint density at radius 3 is 2.75 bits per heavy atom. The van der Waals surface area contributed by atoms with Crippen molar-refractivity contribution in [3.8, 4) is 0 Å². The van der Waals surface area contributed by atoms with E-state index in [0.29, 0.717) is 18.0 Å². The molecule has 0 aromatic carbocycles. The highest BCUT2D eigenvalue weighted by Crippen LogP contribution is 2.34. The molecule has 1 saturated carbocycles. The minimum atomic E-state index is -0.391. The van der Waals surface area contributed by atoms with Crippen LogP contribution in [0.2, 0.25) is 0 Å². The van der Waals surface area contributed by atoms with Gasteiger partial charge in [0.2, 0.25) is 5.24 Å². The Kier molecular flexibility index (Phi) is 3.15. The van der Waals surface area contributed by atoms with Crippen molar-refractivity contribution in [3.63, 3.8) is 0 Å². The van der Waals surface area contributed by atoms with Gasteiger partial charge in [0.1, 0.15) is 0 Å². The van der Waals surface area contributed by atoms with E-state index >= 15 is 0 Å². The standard InChI is InChI=1S/C12H14ClNO2/c1-8-2-3-9(4-7-11(13)15)12(16)14(8)10-5-6-10/h2-3,10H,4-7H2,1H3. The second-order valence-corrected chi connectivity index (χ2v) is 4.68. The fourth-order valence-electron chi connectivity index (χ4n) is 1.90. The van der Waals surface area contributed by atoms with Crippen molar-refractivity contribution in [1.82, 2.24) is 4.57 Å². The van der Waals surface area contributed by atoms with Crippen LogP contribution in [0.25, 0.3) is 0 Å². The summed E-state index contributed by atoms with van der Waals surface area (Å²) in [7, 11) is 0. The van der Waals surface area contributed by atoms with Gasteiger partial charge in [-0.3, -0.25) is 9.59 Å². The van der Waals surface area contributed by atoms with E-state index < -0.39 is 5.24 Å². The molecule has 1 aliphatic rings. The summed E-state index contributed by atoms with van der Waals surface area (Å²) in [6.45, 7) is 1.94. The van der Waals surface area contributed by atoms with Gasteiger partial charge in [-0.2, -0.15) is 0 Å². The van der Waals surface area contributed by atoms with Crippen LogP contribution in [0.1, 0.15) is 36.6 Å². The van der Waals surface area contributed by atoms with Crippen LogP contribution in [0.4, 0.5) is 0 Å². The predicted molar refractivity (Wildman–Crippen MR) is 62.9 cm³/mol. The van der Waals surface area contributed by atoms with Gasteiger partial charge >= 0.3 is 0 Å². The molecular formula is C12H14ClNO2. The zero-order valence-electron chi connectivity index (χ0n) is 9.20. The average molecular weight is 240 g/mol. The molecule has 1 aromatic heterocycles. The van der Waals surface area contributed by atoms with Gasteiger partial charge in [0.05, 0.1) is 0 Å². The summed E-state index contributed by atoms with van der Waals surface area (Å²) in [5.41, 5.74) is 1.72. The molecule has 1 aromatic rings. The fourth-order valence-corrected chi connectivity index (χ4v) is 1.99. The summed E-state index contributed by atoms with van der Waals surface area (Å²) in [5.74, 6) is 0. The molecule has 1 heterocycles. The summed E-state index contributed by atoms with van der Waals surface area (Å²) < 4.78 is 1.84. The smallest absolute Gasteiger partial charge is 0.254 e. The van der Waals surface area contributed by atoms with E-state index in [0.717, 1.165) is 18.5 Å². The molecule has 1 aliphatic carbocycles. The summed E-state index contributed by atoms with van der Waals surface area (Å²) in [4.78, 5) is 22.8. The third-order valence-electron chi connectivity index (χ3n) is 2.90. The van der Waals surface area contributed by atoms with E-state index in [1.54, 1.807) is 6.07 Å². The van der Waals surface area contributed by atoms with E-state index in [1.165, 1.54) is 0 Å². The number of aromatic nitrogens is 1. The van der Waals surface area contributed by atoms with Crippen LogP contribution < -0.4 is 5.56 Å². The lowest BCUT2D eigenvalue weighted by Gasteiger charge is -2.10. The molecule has 0 atom stereocenters. The molecule has 4 heteroatoms. The largest absolute Gasteiger partial charge is 0.310 e. The molecule has 1 fully saturated rings. The number of nitrogens with zero attached hydrogens (tertiary/aromatic N) is 1. The number of rotatable bonds is 4. The minimum absolute atomic E-state index is 0.0421. The van der Waals surface area contributed by atoms with Crippen molar-refractivity contribution in [2.75, 3.05) is 0 Å². The molecule has 0 N–H and O–H groups in total. The van der Waals surface area contributed by atoms with Gasteiger partial charge in [-0.1, -0.05) is 6.07 Å². The highest BCUT2D eigenvalue weighted by molar-refractivity contribution is 6.63. The summed E-state index contributed by atoms with van der Waals surface area (Å²) >= 11 is 5.28. The first-order chi connectivity index (χ1) is 7.59. The Morgan fingerprint density at radius 1 is 1.50 bits per heavy atom. The first-order valence-corrected chi connectivity index (χ1v) is 5.86. The summed E-state index contributed by atoms with van der Waals surface area (Å²) in [6.07, 6.45) is 2.83. The highest BCUT2D eigenvalue weighted by atomic mass is 35.5. The lowest BCUT2D eigenvalue weighted by Crippen LogP contribution is -2.24. The van der Waals surface area contributed by atoms with Crippen molar-refractivity contribution < 1.29 is 4.79 Å². The molecule has 16 heavy (non-hydrogen) atoms. The number of pyridine rings is 1. The first-order valence-electron chi connectivity index (χ1n) is 5.49. The Bertz CT molecular complexity index is 474. The molecule has 86 valence electrons. The number of carbonyl (C=O) groups is 1. The highest BCUT2D eigenvalue weighted by Gasteiger charge is 2.26. The molecule has 0 spiro atoms. The predicted octanol–water partition coefficient (Wildman–Crippen LogP) is 2.19. The number of carbonyl (C=O) groups excluding carboxylic acids is 1. The maximum absolute atomic E-state index is 12.1. The summed E-state index contributed by atoms with van der Waals surface area (Å²) in [6, 6.07) is 4.11. The average Bonchev–Trinajstić information content (AvgIpc) is 3.00. The van der Waals surface area contributed by atoms with Crippen LogP contribution in [0, 0.1) is 6.92 Å². The van der Waals surface area contributed by atoms with Gasteiger partial charge < -0.3 is 4.57 Å². The Hall–Kier alpha value is -1.09. The Morgan fingerprint density at radius 2 is 2.19 bits per heavy atom. The molecule has 0 amide bonds. The second kappa shape index (κ2) is 4.42. The van der Waals surface area contributed by atoms with E-state index in [-0.39, 0.29) is 12.0 Å². The van der Waals surface area contributed by atoms with E-state index in [9.17, 15) is 9.59 Å². The quantitative estimate of drug-likeness (QED) is 0.756. The zero-order valence-corrected chi connectivity index (χ0v) is 9.96. The lowest BCUT2D eigenvalue weighted by atomic mass is 10.1. The molecular weight excluding hydrogens is 226 g/mol. The molecule has 0 aliphatic heterocycles. The zero-order chi connectivity index (χ0) is 11.7. The van der Waals surface area contributed by atoms with Crippen LogP contribution in [-0.2, 0) is 11.2 Å². The van der Waals surface area contributed by atoms with Crippen LogP contribution in [-0.4, -0.2) is 9.81 Å². The number of hydrogen-bond donors (Lipinski definition) is 0. The first kappa shape index (κ1) is 11.4. The molecule has 0 saturated heterocycles. The van der Waals surface area contributed by atoms with Crippen LogP contribution in [0.3, 0.4) is 0 Å². The van der Waals surface area contributed by atoms with Crippen LogP contribution in [0.5, 0.6) is 0 Å². The van der Waals surface area contributed by atoms with Crippen molar-refractivity contribution >= 4 is 16.8 Å². The van der Waals surface area contributed by atoms with E-state index in [1.807, 2.05) is 17.6 Å². The monoisotopic (exact) mass is 239 g/mol. The van der Waals surface area contributed by atoms with Gasteiger partial charge in [0, 0.05) is 23.7 Å².